The molecule has 3 nitrogen and oxygen atoms in total. The lowest BCUT2D eigenvalue weighted by Crippen LogP contribution is -2.11. The third-order valence-corrected chi connectivity index (χ3v) is 14.6. The van der Waals surface area contributed by atoms with Crippen LogP contribution < -0.4 is 9.80 Å². The van der Waals surface area contributed by atoms with E-state index in [0.29, 0.717) is 5.56 Å². The molecule has 3 heteroatoms. The molecular formula is C73H67N3. The van der Waals surface area contributed by atoms with Crippen molar-refractivity contribution in [2.75, 3.05) is 9.80 Å². The molecule has 0 aromatic heterocycles. The van der Waals surface area contributed by atoms with Crippen LogP contribution in [0.3, 0.4) is 0 Å². The Bertz CT molecular complexity index is 3320. The molecule has 10 aromatic carbocycles. The fourth-order valence-electron chi connectivity index (χ4n) is 10.5. The molecule has 10 aromatic rings. The molecule has 0 atom stereocenters. The van der Waals surface area contributed by atoms with Crippen LogP contribution >= 0.6 is 0 Å². The van der Waals surface area contributed by atoms with E-state index in [0.717, 1.165) is 89.8 Å². The molecule has 0 N–H and O–H groups in total. The Labute approximate surface area is 452 Å². The van der Waals surface area contributed by atoms with Gasteiger partial charge in [-0.15, -0.1) is 0 Å². The van der Waals surface area contributed by atoms with Gasteiger partial charge in [0.05, 0.1) is 5.56 Å². The number of hydrogen-bond acceptors (Lipinski definition) is 3. The number of benzene rings is 10. The van der Waals surface area contributed by atoms with Crippen molar-refractivity contribution < 1.29 is 0 Å². The summed E-state index contributed by atoms with van der Waals surface area (Å²) in [5.41, 5.74) is 20.4. The minimum absolute atomic E-state index is 0.0546. The molecular weight excluding hydrogens is 919 g/mol. The Morgan fingerprint density at radius 1 is 0.250 bits per heavy atom. The average Bonchev–Trinajstić information content (AvgIpc) is 3.46. The number of nitrogens with zero attached hydrogens (tertiary/aromatic N) is 3. The summed E-state index contributed by atoms with van der Waals surface area (Å²) in [4.78, 5) is 4.57. The van der Waals surface area contributed by atoms with Crippen LogP contribution in [0, 0.1) is 11.3 Å². The molecule has 0 bridgehead atoms. The minimum atomic E-state index is -0.0589. The molecule has 0 amide bonds. The Morgan fingerprint density at radius 3 is 0.671 bits per heavy atom. The lowest BCUT2D eigenvalue weighted by atomic mass is 9.75. The second-order valence-electron chi connectivity index (χ2n) is 23.0. The fourth-order valence-corrected chi connectivity index (χ4v) is 10.5. The molecule has 0 radical (unpaired) electrons. The van der Waals surface area contributed by atoms with E-state index in [1.54, 1.807) is 0 Å². The summed E-state index contributed by atoms with van der Waals surface area (Å²) in [6.07, 6.45) is 0. The largest absolute Gasteiger partial charge is 0.311 e. The van der Waals surface area contributed by atoms with E-state index in [4.69, 9.17) is 0 Å². The van der Waals surface area contributed by atoms with E-state index in [1.807, 2.05) is 0 Å². The van der Waals surface area contributed by atoms with E-state index >= 15 is 0 Å². The van der Waals surface area contributed by atoms with Crippen LogP contribution in [0.1, 0.15) is 84.6 Å². The van der Waals surface area contributed by atoms with Gasteiger partial charge in [-0.25, -0.2) is 0 Å². The quantitative estimate of drug-likeness (QED) is 0.129. The first-order valence-electron chi connectivity index (χ1n) is 26.6. The predicted octanol–water partition coefficient (Wildman–Crippen LogP) is 20.7. The molecule has 0 unspecified atom stereocenters. The van der Waals surface area contributed by atoms with Crippen molar-refractivity contribution in [2.45, 2.75) is 78.6 Å². The number of anilines is 6. The van der Waals surface area contributed by atoms with E-state index in [-0.39, 0.29) is 16.2 Å². The fraction of sp³-hybridized carbons (Fsp3) is 0.164. The number of hydrogen-bond donors (Lipinski definition) is 0. The van der Waals surface area contributed by atoms with Crippen molar-refractivity contribution in [3.8, 4) is 61.7 Å². The molecule has 0 aliphatic carbocycles. The zero-order valence-corrected chi connectivity index (χ0v) is 45.4. The third-order valence-electron chi connectivity index (χ3n) is 14.6. The van der Waals surface area contributed by atoms with Crippen LogP contribution in [0.25, 0.3) is 55.6 Å². The van der Waals surface area contributed by atoms with Gasteiger partial charge < -0.3 is 9.80 Å². The van der Waals surface area contributed by atoms with Gasteiger partial charge in [0.15, 0.2) is 0 Å². The van der Waals surface area contributed by atoms with E-state index < -0.39 is 0 Å². The van der Waals surface area contributed by atoms with Gasteiger partial charge in [-0.1, -0.05) is 232 Å². The summed E-state index contributed by atoms with van der Waals surface area (Å²) in [5.74, 6) is 0. The number of rotatable bonds is 11. The minimum Gasteiger partial charge on any atom is -0.311 e. The zero-order chi connectivity index (χ0) is 53.2. The molecule has 0 saturated heterocycles. The number of nitriles is 1. The van der Waals surface area contributed by atoms with Gasteiger partial charge in [-0.05, 0) is 150 Å². The first-order chi connectivity index (χ1) is 36.6. The van der Waals surface area contributed by atoms with Gasteiger partial charge in [0, 0.05) is 45.3 Å². The van der Waals surface area contributed by atoms with Gasteiger partial charge in [0.2, 0.25) is 0 Å². The highest BCUT2D eigenvalue weighted by atomic mass is 15.1. The van der Waals surface area contributed by atoms with Crippen LogP contribution in [0.2, 0.25) is 0 Å². The first-order valence-corrected chi connectivity index (χ1v) is 26.6. The highest BCUT2D eigenvalue weighted by molar-refractivity contribution is 6.10. The van der Waals surface area contributed by atoms with Gasteiger partial charge in [0.1, 0.15) is 6.07 Å². The zero-order valence-electron chi connectivity index (χ0n) is 45.4. The van der Waals surface area contributed by atoms with Crippen molar-refractivity contribution in [2.24, 2.45) is 0 Å². The van der Waals surface area contributed by atoms with E-state index in [2.05, 4.69) is 321 Å². The normalized spacial score (nSPS) is 11.7. The Balaban J connectivity index is 1.32. The molecule has 10 rings (SSSR count). The van der Waals surface area contributed by atoms with Crippen molar-refractivity contribution in [3.05, 3.63) is 265 Å². The van der Waals surface area contributed by atoms with Gasteiger partial charge >= 0.3 is 0 Å². The summed E-state index contributed by atoms with van der Waals surface area (Å²) in [5, 5.41) is 12.2. The molecule has 0 aliphatic rings. The molecule has 0 saturated carbocycles. The maximum absolute atomic E-state index is 12.2. The smallest absolute Gasteiger partial charge is 0.100 e. The molecule has 76 heavy (non-hydrogen) atoms. The second-order valence-corrected chi connectivity index (χ2v) is 23.0. The van der Waals surface area contributed by atoms with Gasteiger partial charge in [-0.3, -0.25) is 0 Å². The number of para-hydroxylation sites is 4. The van der Waals surface area contributed by atoms with Gasteiger partial charge in [-0.2, -0.15) is 5.26 Å². The monoisotopic (exact) mass is 986 g/mol. The summed E-state index contributed by atoms with van der Waals surface area (Å²) in [6.45, 7) is 20.4. The maximum Gasteiger partial charge on any atom is 0.100 e. The molecule has 0 fully saturated rings. The van der Waals surface area contributed by atoms with E-state index in [1.165, 1.54) is 16.7 Å². The Hall–Kier alpha value is -8.71. The van der Waals surface area contributed by atoms with Crippen LogP contribution in [-0.2, 0) is 16.2 Å². The first kappa shape index (κ1) is 50.8. The lowest BCUT2D eigenvalue weighted by molar-refractivity contribution is 0.590. The molecule has 0 aliphatic heterocycles. The average molecular weight is 986 g/mol. The standard InChI is InChI=1S/C73H67N3/c1-71(2,3)56-40-30-53(31-41-56)68-66(51-36-46-63(47-37-51)75(59-22-14-10-15-23-59)60-24-16-11-17-25-60)65(50-74)67(52-38-48-64(49-39-52)76(61-26-18-12-19-27-61)62-28-20-13-21-29-62)69(54-32-42-57(43-33-54)72(4,5)6)70(68)55-34-44-58(45-35-55)73(7,8)9/h10-49H,1-9H3. The van der Waals surface area contributed by atoms with E-state index in [9.17, 15) is 5.26 Å². The Morgan fingerprint density at radius 2 is 0.447 bits per heavy atom. The van der Waals surface area contributed by atoms with Crippen LogP contribution in [-0.4, -0.2) is 0 Å². The lowest BCUT2D eigenvalue weighted by Gasteiger charge is -2.29. The second kappa shape index (κ2) is 20.9. The summed E-state index contributed by atoms with van der Waals surface area (Å²) < 4.78 is 0. The van der Waals surface area contributed by atoms with Crippen LogP contribution in [0.4, 0.5) is 34.1 Å². The van der Waals surface area contributed by atoms with Crippen molar-refractivity contribution in [1.29, 1.82) is 5.26 Å². The summed E-state index contributed by atoms with van der Waals surface area (Å²) >= 11 is 0. The maximum atomic E-state index is 12.2. The van der Waals surface area contributed by atoms with Crippen molar-refractivity contribution in [3.63, 3.8) is 0 Å². The highest BCUT2D eigenvalue weighted by Crippen LogP contribution is 2.54. The highest BCUT2D eigenvalue weighted by Gasteiger charge is 2.30. The molecule has 0 spiro atoms. The molecule has 374 valence electrons. The van der Waals surface area contributed by atoms with Crippen molar-refractivity contribution in [1.82, 2.24) is 0 Å². The SMILES string of the molecule is CC(C)(C)c1ccc(-c2c(-c3ccc(N(c4ccccc4)c4ccccc4)cc3)c(C#N)c(-c3ccc(N(c4ccccc4)c4ccccc4)cc3)c(-c3ccc(C(C)(C)C)cc3)c2-c2ccc(C(C)(C)C)cc2)cc1. The topological polar surface area (TPSA) is 30.3 Å². The van der Waals surface area contributed by atoms with Crippen LogP contribution in [0.5, 0.6) is 0 Å². The predicted molar refractivity (Wildman–Crippen MR) is 324 cm³/mol. The third kappa shape index (κ3) is 10.4. The van der Waals surface area contributed by atoms with Crippen molar-refractivity contribution >= 4 is 34.1 Å². The van der Waals surface area contributed by atoms with Crippen LogP contribution in [0.15, 0.2) is 243 Å². The van der Waals surface area contributed by atoms with Gasteiger partial charge in [0.25, 0.3) is 0 Å². The summed E-state index contributed by atoms with van der Waals surface area (Å²) in [6, 6.07) is 90.0. The molecule has 0 heterocycles. The summed E-state index contributed by atoms with van der Waals surface area (Å²) in [7, 11) is 0. The Kier molecular flexibility index (Phi) is 14.0.